The first kappa shape index (κ1) is 22.5. The molecule has 1 aromatic rings. The van der Waals surface area contributed by atoms with Gasteiger partial charge in [-0.2, -0.15) is 0 Å². The number of nitrogens with zero attached hydrogens (tertiary/aromatic N) is 2. The van der Waals surface area contributed by atoms with Crippen LogP contribution in [-0.4, -0.2) is 64.6 Å². The van der Waals surface area contributed by atoms with Gasteiger partial charge in [0, 0.05) is 30.4 Å². The van der Waals surface area contributed by atoms with E-state index in [1.54, 1.807) is 32.8 Å². The largest absolute Gasteiger partial charge is 0.444 e. The summed E-state index contributed by atoms with van der Waals surface area (Å²) < 4.78 is 11.0. The van der Waals surface area contributed by atoms with E-state index in [1.807, 2.05) is 30.3 Å². The number of rotatable bonds is 7. The van der Waals surface area contributed by atoms with E-state index in [4.69, 9.17) is 9.47 Å². The molecule has 1 amide bonds. The Bertz CT molecular complexity index is 750. The number of carbonyl (C=O) groups excluding carboxylic acids is 1. The Morgan fingerprint density at radius 2 is 1.97 bits per heavy atom. The van der Waals surface area contributed by atoms with Crippen molar-refractivity contribution in [1.82, 2.24) is 4.90 Å². The summed E-state index contributed by atoms with van der Waals surface area (Å²) in [6.07, 6.45) is -0.151. The molecule has 166 valence electrons. The number of methoxy groups -OCH3 is 1. The van der Waals surface area contributed by atoms with Gasteiger partial charge in [0.05, 0.1) is 12.6 Å². The molecule has 8 heteroatoms. The second-order valence-electron chi connectivity index (χ2n) is 9.34. The molecule has 0 spiro atoms. The predicted molar refractivity (Wildman–Crippen MR) is 111 cm³/mol. The van der Waals surface area contributed by atoms with Gasteiger partial charge in [0.2, 0.25) is 6.04 Å². The Kier molecular flexibility index (Phi) is 6.67. The first-order valence-electron chi connectivity index (χ1n) is 10.5. The van der Waals surface area contributed by atoms with Gasteiger partial charge >= 0.3 is 6.09 Å². The molecule has 3 rings (SSSR count). The molecule has 1 aliphatic heterocycles. The number of carbonyl (C=O) groups is 1. The average molecular weight is 421 g/mol. The van der Waals surface area contributed by atoms with Gasteiger partial charge in [-0.1, -0.05) is 30.3 Å². The summed E-state index contributed by atoms with van der Waals surface area (Å²) in [5.74, 6) is -0.0259. The Hall–Kier alpha value is -2.19. The van der Waals surface area contributed by atoms with Crippen molar-refractivity contribution in [3.8, 4) is 0 Å². The maximum Gasteiger partial charge on any atom is 0.410 e. The lowest BCUT2D eigenvalue weighted by molar-refractivity contribution is -0.535. The number of piperidine rings is 1. The molecule has 1 aliphatic carbocycles. The smallest absolute Gasteiger partial charge is 0.410 e. The lowest BCUT2D eigenvalue weighted by atomic mass is 9.85. The Morgan fingerprint density at radius 1 is 1.30 bits per heavy atom. The summed E-state index contributed by atoms with van der Waals surface area (Å²) >= 11 is 0. The number of aliphatic hydroxyl groups is 1. The molecular formula is C22H32N2O6. The summed E-state index contributed by atoms with van der Waals surface area (Å²) in [5, 5.41) is 23.1. The number of ether oxygens (including phenoxy) is 2. The van der Waals surface area contributed by atoms with Crippen molar-refractivity contribution >= 4 is 6.09 Å². The molecule has 2 bridgehead atoms. The van der Waals surface area contributed by atoms with E-state index in [0.29, 0.717) is 6.61 Å². The zero-order chi connectivity index (χ0) is 22.1. The quantitative estimate of drug-likeness (QED) is 0.538. The van der Waals surface area contributed by atoms with Gasteiger partial charge in [-0.05, 0) is 45.1 Å². The van der Waals surface area contributed by atoms with Gasteiger partial charge in [-0.3, -0.25) is 15.0 Å². The monoisotopic (exact) mass is 420 g/mol. The van der Waals surface area contributed by atoms with Crippen LogP contribution in [0.1, 0.15) is 39.2 Å². The lowest BCUT2D eigenvalue weighted by Crippen LogP contribution is -2.56. The molecule has 8 nitrogen and oxygen atoms in total. The first-order chi connectivity index (χ1) is 14.1. The molecule has 1 heterocycles. The van der Waals surface area contributed by atoms with Crippen LogP contribution < -0.4 is 0 Å². The Morgan fingerprint density at radius 3 is 2.53 bits per heavy atom. The van der Waals surface area contributed by atoms with Gasteiger partial charge in [-0.25, -0.2) is 4.79 Å². The van der Waals surface area contributed by atoms with Crippen LogP contribution in [0.4, 0.5) is 4.79 Å². The highest BCUT2D eigenvalue weighted by Gasteiger charge is 2.60. The highest BCUT2D eigenvalue weighted by atomic mass is 16.6. The van der Waals surface area contributed by atoms with Crippen LogP contribution in [0.3, 0.4) is 0 Å². The summed E-state index contributed by atoms with van der Waals surface area (Å²) in [6.45, 7) is 5.80. The van der Waals surface area contributed by atoms with Crippen molar-refractivity contribution in [1.29, 1.82) is 0 Å². The minimum atomic E-state index is -1.30. The molecule has 6 unspecified atom stereocenters. The molecule has 2 fully saturated rings. The molecule has 1 N–H and O–H groups in total. The topological polar surface area (TPSA) is 102 Å². The van der Waals surface area contributed by atoms with Gasteiger partial charge < -0.3 is 14.6 Å². The Labute approximate surface area is 177 Å². The molecule has 0 aromatic heterocycles. The van der Waals surface area contributed by atoms with Crippen molar-refractivity contribution < 1.29 is 24.3 Å². The molecule has 0 radical (unpaired) electrons. The van der Waals surface area contributed by atoms with Crippen LogP contribution in [0.25, 0.3) is 0 Å². The van der Waals surface area contributed by atoms with Crippen LogP contribution in [0.2, 0.25) is 0 Å². The third-order valence-electron chi connectivity index (χ3n) is 6.22. The van der Waals surface area contributed by atoms with Gasteiger partial charge in [0.25, 0.3) is 0 Å². The van der Waals surface area contributed by atoms with Crippen LogP contribution in [-0.2, 0) is 15.9 Å². The SMILES string of the molecule is COCC1C2CCC1N(C(=O)OC(C)(C)C)C2C(O)C(Cc1ccccc1)[N+](=O)[O-]. The van der Waals surface area contributed by atoms with E-state index in [-0.39, 0.29) is 24.3 Å². The third kappa shape index (κ3) is 4.59. The molecule has 1 aromatic carbocycles. The number of benzene rings is 1. The van der Waals surface area contributed by atoms with E-state index < -0.39 is 34.8 Å². The average Bonchev–Trinajstić information content (AvgIpc) is 3.20. The summed E-state index contributed by atoms with van der Waals surface area (Å²) in [7, 11) is 1.61. The zero-order valence-corrected chi connectivity index (χ0v) is 18.1. The number of hydrogen-bond acceptors (Lipinski definition) is 6. The van der Waals surface area contributed by atoms with Crippen LogP contribution in [0.15, 0.2) is 30.3 Å². The minimum Gasteiger partial charge on any atom is -0.444 e. The van der Waals surface area contributed by atoms with Crippen molar-refractivity contribution in [2.45, 2.75) is 69.9 Å². The fourth-order valence-corrected chi connectivity index (χ4v) is 5.09. The number of likely N-dealkylation sites (tertiary alicyclic amines) is 1. The molecule has 6 atom stereocenters. The zero-order valence-electron chi connectivity index (χ0n) is 18.1. The molecule has 1 saturated carbocycles. The first-order valence-corrected chi connectivity index (χ1v) is 10.5. The fraction of sp³-hybridized carbons (Fsp3) is 0.682. The van der Waals surface area contributed by atoms with E-state index in [2.05, 4.69) is 0 Å². The minimum absolute atomic E-state index is 0.0336. The van der Waals surface area contributed by atoms with Crippen molar-refractivity contribution in [3.63, 3.8) is 0 Å². The molecular weight excluding hydrogens is 388 g/mol. The number of amides is 1. The van der Waals surface area contributed by atoms with E-state index in [1.165, 1.54) is 0 Å². The van der Waals surface area contributed by atoms with Crippen molar-refractivity contribution in [2.24, 2.45) is 11.8 Å². The molecule has 2 aliphatic rings. The van der Waals surface area contributed by atoms with Crippen LogP contribution in [0.5, 0.6) is 0 Å². The highest BCUT2D eigenvalue weighted by Crippen LogP contribution is 2.49. The molecule has 1 saturated heterocycles. The predicted octanol–water partition coefficient (Wildman–Crippen LogP) is 2.90. The number of aliphatic hydroxyl groups excluding tert-OH is 1. The summed E-state index contributed by atoms with van der Waals surface area (Å²) in [4.78, 5) is 26.1. The third-order valence-corrected chi connectivity index (χ3v) is 6.22. The van der Waals surface area contributed by atoms with Crippen LogP contribution in [0, 0.1) is 22.0 Å². The Balaban J connectivity index is 1.90. The number of nitro groups is 1. The highest BCUT2D eigenvalue weighted by molar-refractivity contribution is 5.70. The maximum atomic E-state index is 13.0. The molecule has 30 heavy (non-hydrogen) atoms. The van der Waals surface area contributed by atoms with Gasteiger partial charge in [-0.15, -0.1) is 0 Å². The standard InChI is InChI=1S/C22H32N2O6/c1-22(2,3)30-21(26)23-17-11-10-15(16(17)13-29-4)19(23)20(25)18(24(27)28)12-14-8-6-5-7-9-14/h5-9,15-20,25H,10-13H2,1-4H3. The maximum absolute atomic E-state index is 13.0. The normalized spacial score (nSPS) is 27.7. The summed E-state index contributed by atoms with van der Waals surface area (Å²) in [6, 6.07) is 7.07. The fourth-order valence-electron chi connectivity index (χ4n) is 5.09. The van der Waals surface area contributed by atoms with Crippen molar-refractivity contribution in [3.05, 3.63) is 46.0 Å². The van der Waals surface area contributed by atoms with E-state index in [0.717, 1.165) is 18.4 Å². The lowest BCUT2D eigenvalue weighted by Gasteiger charge is -2.39. The number of fused-ring (bicyclic) bond motifs is 2. The van der Waals surface area contributed by atoms with E-state index >= 15 is 0 Å². The second kappa shape index (κ2) is 8.89. The summed E-state index contributed by atoms with van der Waals surface area (Å²) in [5.41, 5.74) is 0.0798. The van der Waals surface area contributed by atoms with E-state index in [9.17, 15) is 20.0 Å². The van der Waals surface area contributed by atoms with Crippen molar-refractivity contribution in [2.75, 3.05) is 13.7 Å². The van der Waals surface area contributed by atoms with Gasteiger partial charge in [0.15, 0.2) is 0 Å². The van der Waals surface area contributed by atoms with Crippen LogP contribution >= 0.6 is 0 Å². The number of hydrogen-bond donors (Lipinski definition) is 1. The van der Waals surface area contributed by atoms with Gasteiger partial charge in [0.1, 0.15) is 11.7 Å². The second-order valence-corrected chi connectivity index (χ2v) is 9.34.